The molecule has 3 heterocycles. The van der Waals surface area contributed by atoms with Gasteiger partial charge in [0.25, 0.3) is 5.91 Å². The van der Waals surface area contributed by atoms with Crippen molar-refractivity contribution in [1.82, 2.24) is 9.55 Å². The average molecular weight is 405 g/mol. The van der Waals surface area contributed by atoms with E-state index in [1.165, 1.54) is 29.0 Å². The molecule has 0 atom stereocenters. The van der Waals surface area contributed by atoms with E-state index in [-0.39, 0.29) is 11.7 Å². The van der Waals surface area contributed by atoms with Crippen LogP contribution in [0.2, 0.25) is 0 Å². The van der Waals surface area contributed by atoms with Crippen molar-refractivity contribution in [3.63, 3.8) is 0 Å². The van der Waals surface area contributed by atoms with Gasteiger partial charge < -0.3 is 8.98 Å². The van der Waals surface area contributed by atoms with Gasteiger partial charge in [-0.05, 0) is 30.7 Å². The number of hydrogen-bond donors (Lipinski definition) is 1. The molecule has 5 aromatic rings. The number of anilines is 1. The van der Waals surface area contributed by atoms with Crippen LogP contribution in [0.4, 0.5) is 9.52 Å². The molecule has 0 aliphatic carbocycles. The fraction of sp³-hybridized carbons (Fsp3) is 0.0909. The molecule has 0 aliphatic heterocycles. The fourth-order valence-electron chi connectivity index (χ4n) is 3.32. The van der Waals surface area contributed by atoms with E-state index in [1.807, 2.05) is 41.8 Å². The zero-order chi connectivity index (χ0) is 20.0. The SMILES string of the molecule is Cc1ccc(Cn2c(C(=O)Nc3nc4ccc(F)cc4s3)cc3occc32)cc1. The Kier molecular flexibility index (Phi) is 4.17. The minimum atomic E-state index is -0.327. The Morgan fingerprint density at radius 3 is 2.83 bits per heavy atom. The molecule has 0 fully saturated rings. The number of rotatable bonds is 4. The van der Waals surface area contributed by atoms with Crippen molar-refractivity contribution in [2.75, 3.05) is 5.32 Å². The van der Waals surface area contributed by atoms with Crippen molar-refractivity contribution in [1.29, 1.82) is 0 Å². The van der Waals surface area contributed by atoms with E-state index in [0.717, 1.165) is 11.1 Å². The largest absolute Gasteiger partial charge is 0.463 e. The van der Waals surface area contributed by atoms with E-state index >= 15 is 0 Å². The molecule has 0 spiro atoms. The predicted molar refractivity (Wildman–Crippen MR) is 112 cm³/mol. The summed E-state index contributed by atoms with van der Waals surface area (Å²) in [5, 5.41) is 3.26. The van der Waals surface area contributed by atoms with Crippen LogP contribution in [0.1, 0.15) is 21.6 Å². The number of carbonyl (C=O) groups excluding carboxylic acids is 1. The van der Waals surface area contributed by atoms with Crippen LogP contribution in [0.5, 0.6) is 0 Å². The molecule has 0 saturated heterocycles. The predicted octanol–water partition coefficient (Wildman–Crippen LogP) is 5.59. The molecule has 7 heteroatoms. The molecule has 5 nitrogen and oxygen atoms in total. The number of halogens is 1. The van der Waals surface area contributed by atoms with Crippen LogP contribution in [0.25, 0.3) is 21.3 Å². The monoisotopic (exact) mass is 405 g/mol. The van der Waals surface area contributed by atoms with E-state index in [2.05, 4.69) is 10.3 Å². The van der Waals surface area contributed by atoms with Crippen molar-refractivity contribution in [2.24, 2.45) is 0 Å². The Bertz CT molecular complexity index is 1350. The third-order valence-electron chi connectivity index (χ3n) is 4.79. The zero-order valence-corrected chi connectivity index (χ0v) is 16.3. The minimum Gasteiger partial charge on any atom is -0.463 e. The highest BCUT2D eigenvalue weighted by Crippen LogP contribution is 2.28. The summed E-state index contributed by atoms with van der Waals surface area (Å²) in [7, 11) is 0. The summed E-state index contributed by atoms with van der Waals surface area (Å²) in [6.07, 6.45) is 1.61. The first-order valence-corrected chi connectivity index (χ1v) is 9.88. The maximum absolute atomic E-state index is 13.4. The zero-order valence-electron chi connectivity index (χ0n) is 15.5. The van der Waals surface area contributed by atoms with Gasteiger partial charge in [-0.2, -0.15) is 0 Å². The first-order valence-electron chi connectivity index (χ1n) is 9.06. The van der Waals surface area contributed by atoms with Crippen LogP contribution in [0, 0.1) is 12.7 Å². The van der Waals surface area contributed by atoms with Gasteiger partial charge in [-0.25, -0.2) is 9.37 Å². The number of nitrogens with zero attached hydrogens (tertiary/aromatic N) is 2. The molecule has 0 saturated carbocycles. The molecule has 1 N–H and O–H groups in total. The number of nitrogens with one attached hydrogen (secondary N) is 1. The van der Waals surface area contributed by atoms with Gasteiger partial charge in [-0.3, -0.25) is 10.1 Å². The average Bonchev–Trinajstić information content (AvgIpc) is 3.38. The lowest BCUT2D eigenvalue weighted by atomic mass is 10.1. The summed E-state index contributed by atoms with van der Waals surface area (Å²) in [4.78, 5) is 17.4. The van der Waals surface area contributed by atoms with Gasteiger partial charge in [0, 0.05) is 18.7 Å². The van der Waals surface area contributed by atoms with Gasteiger partial charge in [-0.15, -0.1) is 0 Å². The molecule has 144 valence electrons. The molecule has 0 aliphatic rings. The first-order chi connectivity index (χ1) is 14.1. The molecule has 2 aromatic carbocycles. The van der Waals surface area contributed by atoms with Crippen LogP contribution in [-0.4, -0.2) is 15.5 Å². The van der Waals surface area contributed by atoms with Crippen molar-refractivity contribution in [2.45, 2.75) is 13.5 Å². The number of carbonyl (C=O) groups is 1. The van der Waals surface area contributed by atoms with Crippen LogP contribution in [0.3, 0.4) is 0 Å². The maximum atomic E-state index is 13.4. The molecular weight excluding hydrogens is 389 g/mol. The van der Waals surface area contributed by atoms with Crippen LogP contribution >= 0.6 is 11.3 Å². The summed E-state index contributed by atoms with van der Waals surface area (Å²) in [6.45, 7) is 2.58. The van der Waals surface area contributed by atoms with Gasteiger partial charge in [-0.1, -0.05) is 41.2 Å². The van der Waals surface area contributed by atoms with Gasteiger partial charge in [0.15, 0.2) is 10.7 Å². The lowest BCUT2D eigenvalue weighted by molar-refractivity contribution is 0.101. The van der Waals surface area contributed by atoms with Crippen molar-refractivity contribution >= 4 is 43.7 Å². The van der Waals surface area contributed by atoms with E-state index in [0.29, 0.717) is 33.2 Å². The number of amides is 1. The maximum Gasteiger partial charge on any atom is 0.274 e. The second kappa shape index (κ2) is 6.86. The second-order valence-corrected chi connectivity index (χ2v) is 7.89. The third-order valence-corrected chi connectivity index (χ3v) is 5.72. The number of hydrogen-bond acceptors (Lipinski definition) is 4. The molecule has 5 rings (SSSR count). The summed E-state index contributed by atoms with van der Waals surface area (Å²) < 4.78 is 21.5. The molecule has 29 heavy (non-hydrogen) atoms. The molecule has 0 unspecified atom stereocenters. The Morgan fingerprint density at radius 1 is 1.17 bits per heavy atom. The third kappa shape index (κ3) is 3.30. The molecule has 0 bridgehead atoms. The molecule has 1 amide bonds. The molecule has 3 aromatic heterocycles. The van der Waals surface area contributed by atoms with E-state index in [9.17, 15) is 9.18 Å². The van der Waals surface area contributed by atoms with Gasteiger partial charge in [0.05, 0.1) is 22.0 Å². The first kappa shape index (κ1) is 17.6. The standard InChI is InChI=1S/C22H16FN3O2S/c1-13-2-4-14(5-3-13)12-26-17-8-9-28-19(17)11-18(26)21(27)25-22-24-16-7-6-15(23)10-20(16)29-22/h2-11H,12H2,1H3,(H,24,25,27). The molecule has 0 radical (unpaired) electrons. The Hall–Kier alpha value is -3.45. The quantitative estimate of drug-likeness (QED) is 0.424. The van der Waals surface area contributed by atoms with Crippen LogP contribution in [0.15, 0.2) is 65.3 Å². The summed E-state index contributed by atoms with van der Waals surface area (Å²) in [5.74, 6) is -0.616. The van der Waals surface area contributed by atoms with Crippen molar-refractivity contribution < 1.29 is 13.6 Å². The number of aryl methyl sites for hydroxylation is 1. The van der Waals surface area contributed by atoms with E-state index in [1.54, 1.807) is 18.4 Å². The second-order valence-electron chi connectivity index (χ2n) is 6.86. The fourth-order valence-corrected chi connectivity index (χ4v) is 4.21. The summed E-state index contributed by atoms with van der Waals surface area (Å²) in [5.41, 5.74) is 4.88. The minimum absolute atomic E-state index is 0.289. The highest BCUT2D eigenvalue weighted by atomic mass is 32.1. The molecular formula is C22H16FN3O2S. The lowest BCUT2D eigenvalue weighted by Crippen LogP contribution is -2.17. The topological polar surface area (TPSA) is 60.1 Å². The highest BCUT2D eigenvalue weighted by Gasteiger charge is 2.19. The lowest BCUT2D eigenvalue weighted by Gasteiger charge is -2.10. The Labute approximate surface area is 169 Å². The number of thiazole rings is 1. The van der Waals surface area contributed by atoms with E-state index < -0.39 is 0 Å². The van der Waals surface area contributed by atoms with Crippen LogP contribution in [-0.2, 0) is 6.54 Å². The van der Waals surface area contributed by atoms with Crippen LogP contribution < -0.4 is 5.32 Å². The van der Waals surface area contributed by atoms with Crippen molar-refractivity contribution in [3.8, 4) is 0 Å². The van der Waals surface area contributed by atoms with Gasteiger partial charge in [0.1, 0.15) is 11.5 Å². The number of aromatic nitrogens is 2. The highest BCUT2D eigenvalue weighted by molar-refractivity contribution is 7.22. The summed E-state index contributed by atoms with van der Waals surface area (Å²) >= 11 is 1.24. The number of benzene rings is 2. The summed E-state index contributed by atoms with van der Waals surface area (Å²) in [6, 6.07) is 16.1. The Morgan fingerprint density at radius 2 is 2.00 bits per heavy atom. The van der Waals surface area contributed by atoms with Crippen molar-refractivity contribution in [3.05, 3.63) is 83.5 Å². The smallest absolute Gasteiger partial charge is 0.274 e. The number of furan rings is 1. The Balaban J connectivity index is 1.49. The van der Waals surface area contributed by atoms with Gasteiger partial charge in [0.2, 0.25) is 0 Å². The van der Waals surface area contributed by atoms with Gasteiger partial charge >= 0.3 is 0 Å². The normalized spacial score (nSPS) is 11.4. The van der Waals surface area contributed by atoms with E-state index in [4.69, 9.17) is 4.42 Å². The number of fused-ring (bicyclic) bond motifs is 2.